The molecule has 0 unspecified atom stereocenters. The second-order valence-corrected chi connectivity index (χ2v) is 4.88. The topological polar surface area (TPSA) is 63.2 Å². The number of anilines is 1. The van der Waals surface area contributed by atoms with Crippen LogP contribution in [0.15, 0.2) is 42.5 Å². The van der Waals surface area contributed by atoms with E-state index in [0.29, 0.717) is 0 Å². The van der Waals surface area contributed by atoms with Crippen molar-refractivity contribution < 1.29 is 27.6 Å². The minimum Gasteiger partial charge on any atom is -0.318 e. The van der Waals surface area contributed by atoms with Crippen molar-refractivity contribution in [1.82, 2.24) is 0 Å². The van der Waals surface area contributed by atoms with Crippen LogP contribution >= 0.6 is 0 Å². The molecule has 0 atom stereocenters. The Morgan fingerprint density at radius 2 is 1.39 bits per heavy atom. The van der Waals surface area contributed by atoms with Gasteiger partial charge in [0.25, 0.3) is 0 Å². The molecule has 2 aromatic carbocycles. The summed E-state index contributed by atoms with van der Waals surface area (Å²) in [5.74, 6) is -3.28. The fourth-order valence-corrected chi connectivity index (χ4v) is 2.44. The van der Waals surface area contributed by atoms with Crippen LogP contribution < -0.4 is 5.32 Å². The molecule has 23 heavy (non-hydrogen) atoms. The first kappa shape index (κ1) is 15.0. The molecule has 1 N–H and O–H groups in total. The number of rotatable bonds is 1. The average molecular weight is 319 g/mol. The van der Waals surface area contributed by atoms with Crippen LogP contribution in [-0.2, 0) is 4.79 Å². The van der Waals surface area contributed by atoms with E-state index in [9.17, 15) is 27.6 Å². The quantitative estimate of drug-likeness (QED) is 0.750. The third-order valence-corrected chi connectivity index (χ3v) is 3.46. The highest BCUT2D eigenvalue weighted by molar-refractivity contribution is 6.30. The second kappa shape index (κ2) is 5.05. The van der Waals surface area contributed by atoms with Gasteiger partial charge in [-0.3, -0.25) is 14.4 Å². The van der Waals surface area contributed by atoms with Gasteiger partial charge in [-0.25, -0.2) is 0 Å². The number of ketones is 2. The first-order chi connectivity index (χ1) is 10.8. The Bertz CT molecular complexity index is 856. The Kier molecular flexibility index (Phi) is 3.28. The van der Waals surface area contributed by atoms with Gasteiger partial charge in [0.05, 0.1) is 11.3 Å². The van der Waals surface area contributed by atoms with Gasteiger partial charge in [-0.2, -0.15) is 13.2 Å². The molecule has 0 spiro atoms. The van der Waals surface area contributed by atoms with Gasteiger partial charge in [0, 0.05) is 16.7 Å². The second-order valence-electron chi connectivity index (χ2n) is 4.88. The van der Waals surface area contributed by atoms with E-state index >= 15 is 0 Å². The molecule has 1 aliphatic carbocycles. The highest BCUT2D eigenvalue weighted by atomic mass is 19.4. The Morgan fingerprint density at radius 3 is 2.00 bits per heavy atom. The lowest BCUT2D eigenvalue weighted by Gasteiger charge is -2.20. The summed E-state index contributed by atoms with van der Waals surface area (Å²) in [6.45, 7) is 0. The van der Waals surface area contributed by atoms with E-state index < -0.39 is 23.6 Å². The monoisotopic (exact) mass is 319 g/mol. The van der Waals surface area contributed by atoms with Gasteiger partial charge in [0.15, 0.2) is 11.6 Å². The summed E-state index contributed by atoms with van der Waals surface area (Å²) in [5.41, 5.74) is -0.317. The molecule has 0 saturated heterocycles. The van der Waals surface area contributed by atoms with Crippen molar-refractivity contribution in [2.45, 2.75) is 6.18 Å². The molecule has 3 rings (SSSR count). The summed E-state index contributed by atoms with van der Waals surface area (Å²) >= 11 is 0. The van der Waals surface area contributed by atoms with Gasteiger partial charge in [-0.05, 0) is 6.07 Å². The zero-order chi connectivity index (χ0) is 16.8. The summed E-state index contributed by atoms with van der Waals surface area (Å²) in [6, 6.07) is 9.83. The number of benzene rings is 2. The van der Waals surface area contributed by atoms with Crippen molar-refractivity contribution in [3.8, 4) is 0 Å². The van der Waals surface area contributed by atoms with Gasteiger partial charge in [0.1, 0.15) is 0 Å². The number of fused-ring (bicyclic) bond motifs is 2. The maximum Gasteiger partial charge on any atom is 0.471 e. The molecule has 0 bridgehead atoms. The Balaban J connectivity index is 2.13. The number of amides is 1. The van der Waals surface area contributed by atoms with Crippen LogP contribution in [0.3, 0.4) is 0 Å². The van der Waals surface area contributed by atoms with Gasteiger partial charge in [0.2, 0.25) is 0 Å². The Morgan fingerprint density at radius 1 is 0.826 bits per heavy atom. The maximum atomic E-state index is 12.5. The Hall–Kier alpha value is -2.96. The normalized spacial score (nSPS) is 13.3. The molecule has 0 aliphatic heterocycles. The highest BCUT2D eigenvalue weighted by Crippen LogP contribution is 2.32. The molecule has 116 valence electrons. The molecule has 4 nitrogen and oxygen atoms in total. The van der Waals surface area contributed by atoms with Gasteiger partial charge in [-0.1, -0.05) is 36.4 Å². The first-order valence-corrected chi connectivity index (χ1v) is 6.50. The maximum absolute atomic E-state index is 12.5. The molecular weight excluding hydrogens is 311 g/mol. The molecule has 0 fully saturated rings. The van der Waals surface area contributed by atoms with Crippen LogP contribution in [-0.4, -0.2) is 23.6 Å². The van der Waals surface area contributed by atoms with E-state index in [1.54, 1.807) is 17.4 Å². The smallest absolute Gasteiger partial charge is 0.318 e. The predicted molar refractivity (Wildman–Crippen MR) is 74.4 cm³/mol. The van der Waals surface area contributed by atoms with Crippen LogP contribution in [0.2, 0.25) is 0 Å². The molecule has 0 saturated carbocycles. The van der Waals surface area contributed by atoms with E-state index in [1.807, 2.05) is 0 Å². The summed E-state index contributed by atoms with van der Waals surface area (Å²) in [7, 11) is 0. The highest BCUT2D eigenvalue weighted by Gasteiger charge is 2.40. The SMILES string of the molecule is O=C1c2ccccc2C(=O)c2c(NC(=O)C(F)(F)F)cccc21. The molecule has 7 heteroatoms. The van der Waals surface area contributed by atoms with E-state index in [2.05, 4.69) is 0 Å². The minimum absolute atomic E-state index is 0.0336. The lowest BCUT2D eigenvalue weighted by molar-refractivity contribution is -0.167. The molecule has 1 aliphatic rings. The van der Waals surface area contributed by atoms with Crippen LogP contribution in [0, 0.1) is 0 Å². The van der Waals surface area contributed by atoms with Crippen molar-refractivity contribution in [2.24, 2.45) is 0 Å². The number of carbonyl (C=O) groups excluding carboxylic acids is 3. The van der Waals surface area contributed by atoms with Gasteiger partial charge < -0.3 is 5.32 Å². The van der Waals surface area contributed by atoms with Crippen molar-refractivity contribution in [3.05, 3.63) is 64.7 Å². The predicted octanol–water partition coefficient (Wildman–Crippen LogP) is 2.96. The van der Waals surface area contributed by atoms with Crippen molar-refractivity contribution >= 4 is 23.2 Å². The standard InChI is InChI=1S/C16H8F3NO3/c17-16(18,19)15(23)20-11-7-3-6-10-12(11)14(22)9-5-2-1-4-8(9)13(10)21/h1-7H,(H,20,23). The van der Waals surface area contributed by atoms with Crippen molar-refractivity contribution in [1.29, 1.82) is 0 Å². The van der Waals surface area contributed by atoms with Crippen LogP contribution in [0.25, 0.3) is 0 Å². The van der Waals surface area contributed by atoms with Crippen LogP contribution in [0.1, 0.15) is 31.8 Å². The molecule has 2 aromatic rings. The summed E-state index contributed by atoms with van der Waals surface area (Å²) in [6.07, 6.45) is -5.09. The number of hydrogen-bond acceptors (Lipinski definition) is 3. The van der Waals surface area contributed by atoms with E-state index in [1.165, 1.54) is 24.3 Å². The van der Waals surface area contributed by atoms with Crippen LogP contribution in [0.4, 0.5) is 18.9 Å². The minimum atomic E-state index is -5.09. The first-order valence-electron chi connectivity index (χ1n) is 6.50. The Labute approximate surface area is 127 Å². The molecule has 0 heterocycles. The molecule has 0 aromatic heterocycles. The number of carbonyl (C=O) groups is 3. The number of alkyl halides is 3. The van der Waals surface area contributed by atoms with E-state index in [-0.39, 0.29) is 27.9 Å². The molecule has 1 amide bonds. The van der Waals surface area contributed by atoms with Gasteiger partial charge >= 0.3 is 12.1 Å². The van der Waals surface area contributed by atoms with Crippen molar-refractivity contribution in [2.75, 3.05) is 5.32 Å². The number of nitrogens with one attached hydrogen (secondary N) is 1. The van der Waals surface area contributed by atoms with E-state index in [4.69, 9.17) is 0 Å². The third kappa shape index (κ3) is 2.40. The average Bonchev–Trinajstić information content (AvgIpc) is 2.51. The van der Waals surface area contributed by atoms with Crippen molar-refractivity contribution in [3.63, 3.8) is 0 Å². The van der Waals surface area contributed by atoms with E-state index in [0.717, 1.165) is 6.07 Å². The number of halogens is 3. The van der Waals surface area contributed by atoms with Gasteiger partial charge in [-0.15, -0.1) is 0 Å². The summed E-state index contributed by atoms with van der Waals surface area (Å²) in [4.78, 5) is 36.0. The zero-order valence-corrected chi connectivity index (χ0v) is 11.4. The molecular formula is C16H8F3NO3. The lowest BCUT2D eigenvalue weighted by Crippen LogP contribution is -2.31. The fraction of sp³-hybridized carbons (Fsp3) is 0.0625. The van der Waals surface area contributed by atoms with Crippen LogP contribution in [0.5, 0.6) is 0 Å². The lowest BCUT2D eigenvalue weighted by atomic mass is 9.83. The zero-order valence-electron chi connectivity index (χ0n) is 11.4. The third-order valence-electron chi connectivity index (χ3n) is 3.46. The molecule has 0 radical (unpaired) electrons. The largest absolute Gasteiger partial charge is 0.471 e. The fourth-order valence-electron chi connectivity index (χ4n) is 2.44. The summed E-state index contributed by atoms with van der Waals surface area (Å²) in [5, 5.41) is 1.65. The summed E-state index contributed by atoms with van der Waals surface area (Å²) < 4.78 is 37.2. The number of hydrogen-bond donors (Lipinski definition) is 1.